The Morgan fingerprint density at radius 2 is 1.70 bits per heavy atom. The van der Waals surface area contributed by atoms with E-state index in [4.69, 9.17) is 0 Å². The molecule has 2 rings (SSSR count). The monoisotopic (exact) mass is 268 g/mol. The predicted molar refractivity (Wildman–Crippen MR) is 87.7 cm³/mol. The summed E-state index contributed by atoms with van der Waals surface area (Å²) in [5, 5.41) is 3.48. The van der Waals surface area contributed by atoms with Crippen molar-refractivity contribution in [2.75, 3.05) is 18.5 Å². The Morgan fingerprint density at radius 1 is 1.00 bits per heavy atom. The predicted octanol–water partition coefficient (Wildman–Crippen LogP) is 4.26. The van der Waals surface area contributed by atoms with Crippen LogP contribution in [-0.4, -0.2) is 13.6 Å². The Kier molecular flexibility index (Phi) is 5.19. The number of nitrogens with zero attached hydrogens (tertiary/aromatic N) is 1. The molecular formula is C18H24N2. The van der Waals surface area contributed by atoms with E-state index in [-0.39, 0.29) is 0 Å². The minimum atomic E-state index is 0.917. The highest BCUT2D eigenvalue weighted by molar-refractivity contribution is 5.65. The van der Waals surface area contributed by atoms with Crippen molar-refractivity contribution in [2.45, 2.75) is 26.8 Å². The van der Waals surface area contributed by atoms with Gasteiger partial charge < -0.3 is 10.2 Å². The number of rotatable bonds is 6. The fourth-order valence-corrected chi connectivity index (χ4v) is 2.29. The molecule has 106 valence electrons. The van der Waals surface area contributed by atoms with Gasteiger partial charge in [0, 0.05) is 25.0 Å². The van der Waals surface area contributed by atoms with Crippen molar-refractivity contribution >= 4 is 11.4 Å². The van der Waals surface area contributed by atoms with Gasteiger partial charge in [0.15, 0.2) is 0 Å². The largest absolute Gasteiger partial charge is 0.344 e. The van der Waals surface area contributed by atoms with E-state index in [0.29, 0.717) is 0 Å². The number of hydrogen-bond acceptors (Lipinski definition) is 2. The van der Waals surface area contributed by atoms with Crippen LogP contribution in [0.25, 0.3) is 0 Å². The average molecular weight is 268 g/mol. The van der Waals surface area contributed by atoms with Crippen LogP contribution < -0.4 is 10.2 Å². The first-order valence-electron chi connectivity index (χ1n) is 7.31. The topological polar surface area (TPSA) is 15.3 Å². The molecule has 0 saturated carbocycles. The first kappa shape index (κ1) is 14.6. The average Bonchev–Trinajstić information content (AvgIpc) is 2.48. The van der Waals surface area contributed by atoms with Crippen LogP contribution in [0.2, 0.25) is 0 Å². The van der Waals surface area contributed by atoms with E-state index in [1.54, 1.807) is 0 Å². The summed E-state index contributed by atoms with van der Waals surface area (Å²) < 4.78 is 0. The zero-order valence-corrected chi connectivity index (χ0v) is 12.7. The van der Waals surface area contributed by atoms with Gasteiger partial charge in [-0.25, -0.2) is 0 Å². The summed E-state index contributed by atoms with van der Waals surface area (Å²) in [4.78, 5) is 2.25. The third-order valence-electron chi connectivity index (χ3n) is 3.52. The molecule has 0 aromatic heterocycles. The highest BCUT2D eigenvalue weighted by Gasteiger charge is 2.08. The van der Waals surface area contributed by atoms with Gasteiger partial charge in [-0.3, -0.25) is 0 Å². The van der Waals surface area contributed by atoms with Gasteiger partial charge >= 0.3 is 0 Å². The van der Waals surface area contributed by atoms with Crippen molar-refractivity contribution in [3.63, 3.8) is 0 Å². The Bertz CT molecular complexity index is 531. The summed E-state index contributed by atoms with van der Waals surface area (Å²) in [6, 6.07) is 17.2. The van der Waals surface area contributed by atoms with Crippen LogP contribution in [-0.2, 0) is 6.54 Å². The minimum absolute atomic E-state index is 0.917. The Morgan fingerprint density at radius 3 is 2.40 bits per heavy atom. The van der Waals surface area contributed by atoms with E-state index in [2.05, 4.69) is 79.6 Å². The minimum Gasteiger partial charge on any atom is -0.344 e. The van der Waals surface area contributed by atoms with Crippen molar-refractivity contribution in [2.24, 2.45) is 0 Å². The normalized spacial score (nSPS) is 10.6. The first-order chi connectivity index (χ1) is 9.72. The number of aryl methyl sites for hydroxylation is 1. The quantitative estimate of drug-likeness (QED) is 0.787. The van der Waals surface area contributed by atoms with Crippen molar-refractivity contribution < 1.29 is 0 Å². The van der Waals surface area contributed by atoms with Gasteiger partial charge in [-0.05, 0) is 43.7 Å². The molecule has 0 aliphatic rings. The summed E-state index contributed by atoms with van der Waals surface area (Å²) in [6.45, 7) is 6.28. The molecule has 20 heavy (non-hydrogen) atoms. The second-order valence-corrected chi connectivity index (χ2v) is 5.20. The van der Waals surface area contributed by atoms with Crippen LogP contribution in [0, 0.1) is 6.92 Å². The van der Waals surface area contributed by atoms with Crippen molar-refractivity contribution in [1.82, 2.24) is 5.32 Å². The molecule has 0 aliphatic heterocycles. The summed E-state index contributed by atoms with van der Waals surface area (Å²) in [5.74, 6) is 0. The van der Waals surface area contributed by atoms with Crippen LogP contribution >= 0.6 is 0 Å². The number of para-hydroxylation sites is 1. The molecule has 2 aromatic carbocycles. The fourth-order valence-electron chi connectivity index (χ4n) is 2.29. The Hall–Kier alpha value is -1.80. The van der Waals surface area contributed by atoms with E-state index < -0.39 is 0 Å². The van der Waals surface area contributed by atoms with Gasteiger partial charge in [-0.15, -0.1) is 0 Å². The molecule has 0 spiro atoms. The maximum absolute atomic E-state index is 3.48. The number of nitrogens with one attached hydrogen (secondary N) is 1. The molecule has 0 heterocycles. The van der Waals surface area contributed by atoms with Crippen molar-refractivity contribution in [3.8, 4) is 0 Å². The van der Waals surface area contributed by atoms with Crippen LogP contribution in [0.4, 0.5) is 11.4 Å². The van der Waals surface area contributed by atoms with E-state index >= 15 is 0 Å². The zero-order chi connectivity index (χ0) is 14.4. The van der Waals surface area contributed by atoms with Crippen molar-refractivity contribution in [1.29, 1.82) is 0 Å². The molecule has 0 aliphatic carbocycles. The second-order valence-electron chi connectivity index (χ2n) is 5.20. The maximum Gasteiger partial charge on any atom is 0.0453 e. The van der Waals surface area contributed by atoms with Crippen molar-refractivity contribution in [3.05, 3.63) is 59.7 Å². The summed E-state index contributed by atoms with van der Waals surface area (Å²) in [7, 11) is 2.13. The molecule has 0 atom stereocenters. The number of anilines is 2. The molecule has 2 nitrogen and oxygen atoms in total. The van der Waals surface area contributed by atoms with Gasteiger partial charge in [0.1, 0.15) is 0 Å². The molecule has 0 bridgehead atoms. The molecule has 2 heteroatoms. The van der Waals surface area contributed by atoms with E-state index in [1.807, 2.05) is 0 Å². The lowest BCUT2D eigenvalue weighted by Crippen LogP contribution is -2.18. The third-order valence-corrected chi connectivity index (χ3v) is 3.52. The molecule has 0 unspecified atom stereocenters. The molecule has 0 amide bonds. The summed E-state index contributed by atoms with van der Waals surface area (Å²) in [5.41, 5.74) is 5.11. The standard InChI is InChI=1S/C18H24N2/c1-4-13-19-14-16-7-5-6-8-18(16)20(3)17-11-9-15(2)10-12-17/h5-12,19H,4,13-14H2,1-3H3. The maximum atomic E-state index is 3.48. The Labute approximate surface area is 122 Å². The number of hydrogen-bond donors (Lipinski definition) is 1. The third kappa shape index (κ3) is 3.61. The van der Waals surface area contributed by atoms with Gasteiger partial charge in [-0.2, -0.15) is 0 Å². The fraction of sp³-hybridized carbons (Fsp3) is 0.333. The van der Waals surface area contributed by atoms with E-state index in [0.717, 1.165) is 19.5 Å². The zero-order valence-electron chi connectivity index (χ0n) is 12.7. The second kappa shape index (κ2) is 7.11. The number of benzene rings is 2. The smallest absolute Gasteiger partial charge is 0.0453 e. The van der Waals surface area contributed by atoms with E-state index in [9.17, 15) is 0 Å². The van der Waals surface area contributed by atoms with Crippen LogP contribution in [0.1, 0.15) is 24.5 Å². The molecule has 0 saturated heterocycles. The lowest BCUT2D eigenvalue weighted by molar-refractivity contribution is 0.675. The molecule has 0 fully saturated rings. The van der Waals surface area contributed by atoms with E-state index in [1.165, 1.54) is 22.5 Å². The molecule has 1 N–H and O–H groups in total. The lowest BCUT2D eigenvalue weighted by atomic mass is 10.1. The summed E-state index contributed by atoms with van der Waals surface area (Å²) in [6.07, 6.45) is 1.16. The van der Waals surface area contributed by atoms with Crippen LogP contribution in [0.15, 0.2) is 48.5 Å². The van der Waals surface area contributed by atoms with Crippen LogP contribution in [0.3, 0.4) is 0 Å². The SMILES string of the molecule is CCCNCc1ccccc1N(C)c1ccc(C)cc1. The van der Waals surface area contributed by atoms with Gasteiger partial charge in [0.2, 0.25) is 0 Å². The highest BCUT2D eigenvalue weighted by Crippen LogP contribution is 2.27. The molecule has 0 radical (unpaired) electrons. The first-order valence-corrected chi connectivity index (χ1v) is 7.31. The van der Waals surface area contributed by atoms with Gasteiger partial charge in [0.25, 0.3) is 0 Å². The van der Waals surface area contributed by atoms with Gasteiger partial charge in [-0.1, -0.05) is 42.8 Å². The Balaban J connectivity index is 2.20. The lowest BCUT2D eigenvalue weighted by Gasteiger charge is -2.23. The molecule has 2 aromatic rings. The van der Waals surface area contributed by atoms with Gasteiger partial charge in [0.05, 0.1) is 0 Å². The van der Waals surface area contributed by atoms with Crippen LogP contribution in [0.5, 0.6) is 0 Å². The summed E-state index contributed by atoms with van der Waals surface area (Å²) >= 11 is 0. The highest BCUT2D eigenvalue weighted by atomic mass is 15.1. The molecular weight excluding hydrogens is 244 g/mol.